The van der Waals surface area contributed by atoms with Gasteiger partial charge in [-0.15, -0.1) is 0 Å². The van der Waals surface area contributed by atoms with E-state index in [9.17, 15) is 39.0 Å². The van der Waals surface area contributed by atoms with Crippen LogP contribution < -0.4 is 33.2 Å². The van der Waals surface area contributed by atoms with E-state index in [-0.39, 0.29) is 37.4 Å². The summed E-state index contributed by atoms with van der Waals surface area (Å²) in [7, 11) is 0. The van der Waals surface area contributed by atoms with Crippen molar-refractivity contribution in [2.75, 3.05) is 0 Å². The van der Waals surface area contributed by atoms with E-state index in [2.05, 4.69) is 16.0 Å². The number of aliphatic carboxylic acids is 1. The first-order valence-electron chi connectivity index (χ1n) is 11.9. The summed E-state index contributed by atoms with van der Waals surface area (Å²) in [4.78, 5) is 72.7. The second kappa shape index (κ2) is 15.1. The van der Waals surface area contributed by atoms with Crippen LogP contribution in [0.2, 0.25) is 0 Å². The normalized spacial score (nSPS) is 14.0. The molecule has 0 aromatic heterocycles. The maximum atomic E-state index is 13.1. The number of phenols is 1. The van der Waals surface area contributed by atoms with E-state index in [1.807, 2.05) is 0 Å². The molecule has 0 aliphatic carbocycles. The van der Waals surface area contributed by atoms with Crippen LogP contribution in [0.4, 0.5) is 0 Å². The molecule has 5 amide bonds. The number of carbonyl (C=O) groups excluding carboxylic acids is 5. The standard InChI is InChI=1S/C24H36N6O8/c1-12(2)9-17(29-21(34)15(25)11-20(27)33)23(36)28-16(7-8-19(26)32)22(35)30-18(24(37)38)10-13-3-5-14(31)6-4-13/h3-6,12,15-18,31H,7-11,25H2,1-2H3,(H2,26,32)(H2,27,33)(H,28,36)(H,29,34)(H,30,35)(H,37,38). The molecule has 0 aliphatic heterocycles. The molecule has 38 heavy (non-hydrogen) atoms. The molecule has 1 aromatic rings. The van der Waals surface area contributed by atoms with Gasteiger partial charge in [-0.3, -0.25) is 24.0 Å². The van der Waals surface area contributed by atoms with Crippen molar-refractivity contribution in [3.63, 3.8) is 0 Å². The number of nitrogens with two attached hydrogens (primary N) is 3. The van der Waals surface area contributed by atoms with Crippen molar-refractivity contribution in [2.24, 2.45) is 23.1 Å². The molecule has 0 spiro atoms. The zero-order valence-electron chi connectivity index (χ0n) is 21.3. The van der Waals surface area contributed by atoms with Gasteiger partial charge in [-0.05, 0) is 36.5 Å². The van der Waals surface area contributed by atoms with Gasteiger partial charge in [0.2, 0.25) is 29.5 Å². The summed E-state index contributed by atoms with van der Waals surface area (Å²) in [6.45, 7) is 3.57. The zero-order valence-corrected chi connectivity index (χ0v) is 21.3. The van der Waals surface area contributed by atoms with Crippen LogP contribution in [0.5, 0.6) is 5.75 Å². The van der Waals surface area contributed by atoms with Crippen LogP contribution >= 0.6 is 0 Å². The van der Waals surface area contributed by atoms with Gasteiger partial charge >= 0.3 is 5.97 Å². The van der Waals surface area contributed by atoms with E-state index in [0.29, 0.717) is 5.56 Å². The lowest BCUT2D eigenvalue weighted by atomic mass is 10.0. The molecule has 14 nitrogen and oxygen atoms in total. The topological polar surface area (TPSA) is 257 Å². The number of carbonyl (C=O) groups is 6. The van der Waals surface area contributed by atoms with Crippen LogP contribution in [-0.2, 0) is 35.2 Å². The molecule has 4 unspecified atom stereocenters. The Hall–Kier alpha value is -4.20. The van der Waals surface area contributed by atoms with Crippen LogP contribution in [0, 0.1) is 5.92 Å². The highest BCUT2D eigenvalue weighted by atomic mass is 16.4. The number of hydrogen-bond acceptors (Lipinski definition) is 8. The molecule has 210 valence electrons. The number of carboxylic acid groups (broad SMARTS) is 1. The average Bonchev–Trinajstić information content (AvgIpc) is 2.80. The predicted molar refractivity (Wildman–Crippen MR) is 135 cm³/mol. The Balaban J connectivity index is 3.06. The smallest absolute Gasteiger partial charge is 0.326 e. The molecule has 0 radical (unpaired) electrons. The maximum Gasteiger partial charge on any atom is 0.326 e. The van der Waals surface area contributed by atoms with Gasteiger partial charge in [-0.1, -0.05) is 26.0 Å². The number of rotatable bonds is 16. The van der Waals surface area contributed by atoms with E-state index in [1.54, 1.807) is 13.8 Å². The SMILES string of the molecule is CC(C)CC(NC(=O)C(N)CC(N)=O)C(=O)NC(CCC(N)=O)C(=O)NC(Cc1ccc(O)cc1)C(=O)O. The Morgan fingerprint density at radius 1 is 0.816 bits per heavy atom. The van der Waals surface area contributed by atoms with Crippen molar-refractivity contribution < 1.29 is 39.0 Å². The summed E-state index contributed by atoms with van der Waals surface area (Å²) in [5, 5.41) is 26.2. The van der Waals surface area contributed by atoms with Gasteiger partial charge < -0.3 is 43.4 Å². The van der Waals surface area contributed by atoms with Crippen molar-refractivity contribution in [1.82, 2.24) is 16.0 Å². The number of phenolic OH excluding ortho intramolecular Hbond substituents is 1. The number of carboxylic acids is 1. The fraction of sp³-hybridized carbons (Fsp3) is 0.500. The summed E-state index contributed by atoms with van der Waals surface area (Å²) in [6.07, 6.45) is -0.949. The van der Waals surface area contributed by atoms with E-state index >= 15 is 0 Å². The molecule has 4 atom stereocenters. The highest BCUT2D eigenvalue weighted by Gasteiger charge is 2.31. The average molecular weight is 537 g/mol. The Bertz CT molecular complexity index is 1010. The van der Waals surface area contributed by atoms with Gasteiger partial charge in [0.15, 0.2) is 0 Å². The molecule has 11 N–H and O–H groups in total. The van der Waals surface area contributed by atoms with Gasteiger partial charge in [0.1, 0.15) is 23.9 Å². The first-order chi connectivity index (χ1) is 17.7. The number of primary amides is 2. The molecule has 0 saturated carbocycles. The second-order valence-electron chi connectivity index (χ2n) is 9.30. The van der Waals surface area contributed by atoms with Crippen molar-refractivity contribution in [3.05, 3.63) is 29.8 Å². The minimum atomic E-state index is -1.39. The lowest BCUT2D eigenvalue weighted by Crippen LogP contribution is -2.57. The number of hydrogen-bond donors (Lipinski definition) is 8. The molecule has 14 heteroatoms. The largest absolute Gasteiger partial charge is 0.508 e. The molecular formula is C24H36N6O8. The third-order valence-corrected chi connectivity index (χ3v) is 5.40. The Labute approximate surface area is 219 Å². The molecule has 0 fully saturated rings. The highest BCUT2D eigenvalue weighted by Crippen LogP contribution is 2.12. The molecule has 1 rings (SSSR count). The van der Waals surface area contributed by atoms with Gasteiger partial charge in [0.05, 0.1) is 12.5 Å². The van der Waals surface area contributed by atoms with Gasteiger partial charge in [0.25, 0.3) is 0 Å². The minimum absolute atomic E-state index is 0.0162. The fourth-order valence-electron chi connectivity index (χ4n) is 3.46. The molecule has 0 aliphatic rings. The molecule has 0 saturated heterocycles. The second-order valence-corrected chi connectivity index (χ2v) is 9.30. The third-order valence-electron chi connectivity index (χ3n) is 5.40. The van der Waals surface area contributed by atoms with Crippen molar-refractivity contribution >= 4 is 35.5 Å². The maximum absolute atomic E-state index is 13.1. The Morgan fingerprint density at radius 3 is 1.84 bits per heavy atom. The van der Waals surface area contributed by atoms with E-state index in [1.165, 1.54) is 24.3 Å². The van der Waals surface area contributed by atoms with E-state index in [0.717, 1.165) is 0 Å². The number of amides is 5. The lowest BCUT2D eigenvalue weighted by Gasteiger charge is -2.26. The van der Waals surface area contributed by atoms with Crippen LogP contribution in [0.15, 0.2) is 24.3 Å². The van der Waals surface area contributed by atoms with Crippen molar-refractivity contribution in [2.45, 2.75) is 70.1 Å². The molecule has 1 aromatic carbocycles. The first kappa shape index (κ1) is 31.8. The number of aromatic hydroxyl groups is 1. The molecular weight excluding hydrogens is 500 g/mol. The summed E-state index contributed by atoms with van der Waals surface area (Å²) in [6, 6.07) is 0.519. The van der Waals surface area contributed by atoms with Gasteiger partial charge in [0, 0.05) is 12.8 Å². The Morgan fingerprint density at radius 2 is 1.34 bits per heavy atom. The zero-order chi connectivity index (χ0) is 29.0. The van der Waals surface area contributed by atoms with E-state index in [4.69, 9.17) is 17.2 Å². The van der Waals surface area contributed by atoms with Crippen molar-refractivity contribution in [3.8, 4) is 5.75 Å². The number of nitrogens with one attached hydrogen (secondary N) is 3. The van der Waals surface area contributed by atoms with Crippen LogP contribution in [0.3, 0.4) is 0 Å². The van der Waals surface area contributed by atoms with Crippen molar-refractivity contribution in [1.29, 1.82) is 0 Å². The molecule has 0 heterocycles. The quantitative estimate of drug-likeness (QED) is 0.116. The van der Waals surface area contributed by atoms with Crippen LogP contribution in [0.25, 0.3) is 0 Å². The predicted octanol–water partition coefficient (Wildman–Crippen LogP) is -2.01. The third kappa shape index (κ3) is 11.7. The fourth-order valence-corrected chi connectivity index (χ4v) is 3.46. The van der Waals surface area contributed by atoms with Crippen LogP contribution in [-0.4, -0.2) is 69.9 Å². The summed E-state index contributed by atoms with van der Waals surface area (Å²) in [5.41, 5.74) is 16.4. The summed E-state index contributed by atoms with van der Waals surface area (Å²) < 4.78 is 0. The minimum Gasteiger partial charge on any atom is -0.508 e. The van der Waals surface area contributed by atoms with E-state index < -0.39 is 66.1 Å². The summed E-state index contributed by atoms with van der Waals surface area (Å²) in [5.74, 6) is -5.47. The lowest BCUT2D eigenvalue weighted by molar-refractivity contribution is -0.142. The number of benzene rings is 1. The molecule has 0 bridgehead atoms. The first-order valence-corrected chi connectivity index (χ1v) is 11.9. The monoisotopic (exact) mass is 536 g/mol. The highest BCUT2D eigenvalue weighted by molar-refractivity contribution is 5.95. The Kier molecular flexibility index (Phi) is 12.7. The van der Waals surface area contributed by atoms with Gasteiger partial charge in [-0.2, -0.15) is 0 Å². The van der Waals surface area contributed by atoms with Crippen LogP contribution in [0.1, 0.15) is 45.1 Å². The summed E-state index contributed by atoms with van der Waals surface area (Å²) >= 11 is 0. The van der Waals surface area contributed by atoms with Gasteiger partial charge in [-0.25, -0.2) is 4.79 Å².